The van der Waals surface area contributed by atoms with Crippen LogP contribution in [-0.4, -0.2) is 25.3 Å². The van der Waals surface area contributed by atoms with Crippen LogP contribution in [0, 0.1) is 27.7 Å². The lowest BCUT2D eigenvalue weighted by atomic mass is 10.1. The molecule has 0 aliphatic carbocycles. The Bertz CT molecular complexity index is 1640. The van der Waals surface area contributed by atoms with Crippen LogP contribution in [0.1, 0.15) is 33.9 Å². The maximum absolute atomic E-state index is 11.5. The Morgan fingerprint density at radius 1 is 0.842 bits per heavy atom. The van der Waals surface area contributed by atoms with Gasteiger partial charge in [-0.3, -0.25) is 9.79 Å². The van der Waals surface area contributed by atoms with Crippen molar-refractivity contribution in [2.75, 3.05) is 0 Å². The summed E-state index contributed by atoms with van der Waals surface area (Å²) in [6.07, 6.45) is 4.09. The van der Waals surface area contributed by atoms with E-state index in [1.165, 1.54) is 6.07 Å². The van der Waals surface area contributed by atoms with Gasteiger partial charge in [0.1, 0.15) is 11.6 Å². The van der Waals surface area contributed by atoms with Gasteiger partial charge in [0.2, 0.25) is 5.56 Å². The first-order valence-electron chi connectivity index (χ1n) is 12.7. The van der Waals surface area contributed by atoms with Gasteiger partial charge >= 0.3 is 0 Å². The molecule has 0 saturated heterocycles. The summed E-state index contributed by atoms with van der Waals surface area (Å²) in [6, 6.07) is 22.0. The Hall–Kier alpha value is -4.65. The highest BCUT2D eigenvalue weighted by Crippen LogP contribution is 2.23. The number of aromatic nitrogens is 4. The van der Waals surface area contributed by atoms with Crippen LogP contribution >= 0.6 is 0 Å². The van der Waals surface area contributed by atoms with E-state index in [0.717, 1.165) is 62.0 Å². The number of aromatic amines is 1. The van der Waals surface area contributed by atoms with Crippen molar-refractivity contribution in [1.29, 1.82) is 0 Å². The molecule has 0 spiro atoms. The minimum Gasteiger partial charge on any atom is -0.404 e. The molecule has 5 rings (SSSR count). The molecule has 0 unspecified atom stereocenters. The molecule has 1 aromatic carbocycles. The smallest absolute Gasteiger partial charge is 0.248 e. The van der Waals surface area contributed by atoms with Crippen LogP contribution in [-0.2, 0) is 13.0 Å². The maximum atomic E-state index is 11.5. The average Bonchev–Trinajstić information content (AvgIpc) is 3.42. The van der Waals surface area contributed by atoms with Crippen molar-refractivity contribution in [2.45, 2.75) is 40.7 Å². The number of nitrogens with one attached hydrogen (secondary N) is 1. The molecule has 192 valence electrons. The van der Waals surface area contributed by atoms with Crippen LogP contribution in [0.15, 0.2) is 88.3 Å². The van der Waals surface area contributed by atoms with Gasteiger partial charge in [0.15, 0.2) is 0 Å². The zero-order valence-electron chi connectivity index (χ0n) is 22.2. The molecule has 0 aliphatic rings. The van der Waals surface area contributed by atoms with Crippen LogP contribution in [0.2, 0.25) is 0 Å². The molecule has 4 aromatic heterocycles. The number of pyridine rings is 2. The summed E-state index contributed by atoms with van der Waals surface area (Å²) < 4.78 is 4.35. The molecule has 0 fully saturated rings. The van der Waals surface area contributed by atoms with Crippen LogP contribution in [0.5, 0.6) is 0 Å². The molecule has 5 aromatic rings. The minimum absolute atomic E-state index is 0.104. The van der Waals surface area contributed by atoms with Gasteiger partial charge in [-0.15, -0.1) is 0 Å². The van der Waals surface area contributed by atoms with E-state index in [2.05, 4.69) is 83.2 Å². The second-order valence-electron chi connectivity index (χ2n) is 9.73. The van der Waals surface area contributed by atoms with Gasteiger partial charge in [0.05, 0.1) is 6.54 Å². The monoisotopic (exact) mass is 504 g/mol. The standard InChI is InChI=1S/C31H32N6O/c1-20-5-6-21(2)36(20)29-15-25(16-30(35-29)37-22(3)7-8-23(37)4)13-26(17-32)19-33-18-24-9-11-28-27(14-24)10-12-31(38)34-28/h5-12,14-17,19H,13,18,32H2,1-4H3,(H,34,38). The van der Waals surface area contributed by atoms with Gasteiger partial charge in [-0.25, -0.2) is 4.98 Å². The highest BCUT2D eigenvalue weighted by Gasteiger charge is 2.13. The Balaban J connectivity index is 1.43. The lowest BCUT2D eigenvalue weighted by Crippen LogP contribution is -2.09. The molecule has 0 amide bonds. The molecule has 0 aliphatic heterocycles. The number of fused-ring (bicyclic) bond motifs is 1. The van der Waals surface area contributed by atoms with Crippen molar-refractivity contribution in [3.05, 3.63) is 123 Å². The SMILES string of the molecule is Cc1ccc(C)n1-c1cc(CC(C=NCc2ccc3[nH]c(=O)ccc3c2)=CN)cc(-n2c(C)ccc2C)n1. The fraction of sp³-hybridized carbons (Fsp3) is 0.194. The Labute approximate surface area is 222 Å². The van der Waals surface area contributed by atoms with E-state index in [0.29, 0.717) is 13.0 Å². The molecular weight excluding hydrogens is 472 g/mol. The molecule has 0 radical (unpaired) electrons. The predicted molar refractivity (Wildman–Crippen MR) is 155 cm³/mol. The first-order valence-corrected chi connectivity index (χ1v) is 12.7. The molecule has 0 saturated carbocycles. The Morgan fingerprint density at radius 2 is 1.45 bits per heavy atom. The van der Waals surface area contributed by atoms with Crippen molar-refractivity contribution >= 4 is 17.1 Å². The van der Waals surface area contributed by atoms with Crippen LogP contribution in [0.4, 0.5) is 0 Å². The van der Waals surface area contributed by atoms with E-state index < -0.39 is 0 Å². The number of nitrogens with zero attached hydrogens (tertiary/aromatic N) is 4. The third-order valence-electron chi connectivity index (χ3n) is 6.80. The highest BCUT2D eigenvalue weighted by atomic mass is 16.1. The normalized spacial score (nSPS) is 12.2. The summed E-state index contributed by atoms with van der Waals surface area (Å²) in [7, 11) is 0. The third kappa shape index (κ3) is 5.09. The largest absolute Gasteiger partial charge is 0.404 e. The van der Waals surface area contributed by atoms with Gasteiger partial charge in [-0.1, -0.05) is 6.07 Å². The number of H-pyrrole nitrogens is 1. The maximum Gasteiger partial charge on any atom is 0.248 e. The summed E-state index contributed by atoms with van der Waals surface area (Å²) in [5.74, 6) is 1.76. The molecule has 0 bridgehead atoms. The number of benzene rings is 1. The van der Waals surface area contributed by atoms with E-state index >= 15 is 0 Å². The summed E-state index contributed by atoms with van der Waals surface area (Å²) >= 11 is 0. The van der Waals surface area contributed by atoms with E-state index in [-0.39, 0.29) is 5.56 Å². The van der Waals surface area contributed by atoms with Crippen LogP contribution in [0.25, 0.3) is 22.5 Å². The number of hydrogen-bond acceptors (Lipinski definition) is 4. The summed E-state index contributed by atoms with van der Waals surface area (Å²) in [5.41, 5.74) is 14.4. The minimum atomic E-state index is -0.104. The first-order chi connectivity index (χ1) is 18.3. The summed E-state index contributed by atoms with van der Waals surface area (Å²) in [5, 5.41) is 0.981. The summed E-state index contributed by atoms with van der Waals surface area (Å²) in [4.78, 5) is 24.1. The number of allylic oxidation sites excluding steroid dienone is 1. The van der Waals surface area contributed by atoms with Crippen molar-refractivity contribution in [1.82, 2.24) is 19.1 Å². The van der Waals surface area contributed by atoms with E-state index in [4.69, 9.17) is 10.7 Å². The van der Waals surface area contributed by atoms with E-state index in [1.54, 1.807) is 6.20 Å². The number of hydrogen-bond donors (Lipinski definition) is 2. The number of rotatable bonds is 7. The predicted octanol–water partition coefficient (Wildman–Crippen LogP) is 5.39. The van der Waals surface area contributed by atoms with E-state index in [9.17, 15) is 4.79 Å². The number of nitrogens with two attached hydrogens (primary N) is 1. The van der Waals surface area contributed by atoms with Gasteiger partial charge in [-0.05, 0) is 111 Å². The molecule has 4 heterocycles. The van der Waals surface area contributed by atoms with Crippen molar-refractivity contribution in [2.24, 2.45) is 10.7 Å². The summed E-state index contributed by atoms with van der Waals surface area (Å²) in [6.45, 7) is 8.89. The first kappa shape index (κ1) is 25.0. The molecule has 7 nitrogen and oxygen atoms in total. The molecule has 7 heteroatoms. The van der Waals surface area contributed by atoms with Crippen molar-refractivity contribution in [3.8, 4) is 11.6 Å². The quantitative estimate of drug-likeness (QED) is 0.291. The second kappa shape index (κ2) is 10.4. The zero-order valence-corrected chi connectivity index (χ0v) is 22.2. The fourth-order valence-corrected chi connectivity index (χ4v) is 4.90. The third-order valence-corrected chi connectivity index (χ3v) is 6.80. The Morgan fingerprint density at radius 3 is 2.03 bits per heavy atom. The molecule has 38 heavy (non-hydrogen) atoms. The van der Waals surface area contributed by atoms with Crippen LogP contribution < -0.4 is 11.3 Å². The molecule has 3 N–H and O–H groups in total. The average molecular weight is 505 g/mol. The van der Waals surface area contributed by atoms with Crippen LogP contribution in [0.3, 0.4) is 0 Å². The van der Waals surface area contributed by atoms with Crippen molar-refractivity contribution < 1.29 is 0 Å². The van der Waals surface area contributed by atoms with Gasteiger partial charge in [0, 0.05) is 47.0 Å². The zero-order chi connectivity index (χ0) is 26.8. The topological polar surface area (TPSA) is 94.0 Å². The van der Waals surface area contributed by atoms with Gasteiger partial charge in [0.25, 0.3) is 0 Å². The molecule has 0 atom stereocenters. The molecular formula is C31H32N6O. The number of aliphatic imine (C=N–C) groups is 1. The number of aryl methyl sites for hydroxylation is 4. The highest BCUT2D eigenvalue weighted by molar-refractivity contribution is 5.80. The van der Waals surface area contributed by atoms with Gasteiger partial charge in [-0.2, -0.15) is 0 Å². The lowest BCUT2D eigenvalue weighted by molar-refractivity contribution is 0.867. The van der Waals surface area contributed by atoms with Crippen molar-refractivity contribution in [3.63, 3.8) is 0 Å². The lowest BCUT2D eigenvalue weighted by Gasteiger charge is -2.16. The van der Waals surface area contributed by atoms with Gasteiger partial charge < -0.3 is 19.9 Å². The Kier molecular flexibility index (Phi) is 6.83. The second-order valence-corrected chi connectivity index (χ2v) is 9.73. The van der Waals surface area contributed by atoms with E-state index in [1.807, 2.05) is 30.5 Å². The fourth-order valence-electron chi connectivity index (χ4n) is 4.90.